The van der Waals surface area contributed by atoms with Gasteiger partial charge in [-0.25, -0.2) is 19.9 Å². The lowest BCUT2D eigenvalue weighted by molar-refractivity contribution is 0.566. The lowest BCUT2D eigenvalue weighted by Gasteiger charge is -2.18. The maximum absolute atomic E-state index is 4.54. The minimum absolute atomic E-state index is 0.00275. The standard InChI is InChI=1S/C13H16N4/c1-9-8-10(13(2,3)4)17-12(16-9)11-14-6-5-7-15-11/h5-8H,1-4H3. The van der Waals surface area contributed by atoms with Gasteiger partial charge in [-0.05, 0) is 19.1 Å². The van der Waals surface area contributed by atoms with E-state index in [1.807, 2.05) is 13.0 Å². The quantitative estimate of drug-likeness (QED) is 0.752. The van der Waals surface area contributed by atoms with Crippen molar-refractivity contribution >= 4 is 0 Å². The van der Waals surface area contributed by atoms with Crippen molar-refractivity contribution in [1.29, 1.82) is 0 Å². The van der Waals surface area contributed by atoms with Gasteiger partial charge in [-0.1, -0.05) is 20.8 Å². The molecule has 2 heterocycles. The fraction of sp³-hybridized carbons (Fsp3) is 0.385. The van der Waals surface area contributed by atoms with Crippen LogP contribution in [0.2, 0.25) is 0 Å². The van der Waals surface area contributed by atoms with Crippen molar-refractivity contribution in [3.8, 4) is 11.6 Å². The molecule has 17 heavy (non-hydrogen) atoms. The van der Waals surface area contributed by atoms with Crippen LogP contribution in [0.1, 0.15) is 32.2 Å². The molecule has 2 aromatic heterocycles. The van der Waals surface area contributed by atoms with E-state index in [0.717, 1.165) is 11.4 Å². The van der Waals surface area contributed by atoms with Crippen LogP contribution in [0.3, 0.4) is 0 Å². The normalized spacial score (nSPS) is 11.5. The molecule has 0 N–H and O–H groups in total. The Labute approximate surface area is 101 Å². The van der Waals surface area contributed by atoms with Gasteiger partial charge in [0.05, 0.1) is 5.69 Å². The number of nitrogens with zero attached hydrogens (tertiary/aromatic N) is 4. The first-order valence-electron chi connectivity index (χ1n) is 5.60. The molecule has 0 radical (unpaired) electrons. The number of rotatable bonds is 1. The van der Waals surface area contributed by atoms with Gasteiger partial charge in [0.25, 0.3) is 0 Å². The van der Waals surface area contributed by atoms with Crippen LogP contribution in [0.5, 0.6) is 0 Å². The molecular weight excluding hydrogens is 212 g/mol. The van der Waals surface area contributed by atoms with Crippen LogP contribution in [0, 0.1) is 6.92 Å². The smallest absolute Gasteiger partial charge is 0.198 e. The molecule has 0 atom stereocenters. The zero-order chi connectivity index (χ0) is 12.5. The minimum Gasteiger partial charge on any atom is -0.234 e. The van der Waals surface area contributed by atoms with E-state index in [1.165, 1.54) is 0 Å². The summed E-state index contributed by atoms with van der Waals surface area (Å²) >= 11 is 0. The van der Waals surface area contributed by atoms with Gasteiger partial charge in [0, 0.05) is 23.5 Å². The van der Waals surface area contributed by atoms with Gasteiger partial charge in [-0.3, -0.25) is 0 Å². The predicted octanol–water partition coefficient (Wildman–Crippen LogP) is 2.54. The second kappa shape index (κ2) is 4.20. The van der Waals surface area contributed by atoms with Gasteiger partial charge in [0.1, 0.15) is 0 Å². The monoisotopic (exact) mass is 228 g/mol. The fourth-order valence-corrected chi connectivity index (χ4v) is 1.47. The van der Waals surface area contributed by atoms with E-state index in [-0.39, 0.29) is 5.41 Å². The SMILES string of the molecule is Cc1cc(C(C)(C)C)nc(-c2ncccn2)n1. The number of aryl methyl sites for hydroxylation is 1. The zero-order valence-electron chi connectivity index (χ0n) is 10.6. The molecule has 4 heteroatoms. The third-order valence-corrected chi connectivity index (χ3v) is 2.39. The summed E-state index contributed by atoms with van der Waals surface area (Å²) in [6.07, 6.45) is 3.40. The molecular formula is C13H16N4. The molecule has 0 fully saturated rings. The molecule has 4 nitrogen and oxygen atoms in total. The Hall–Kier alpha value is -1.84. The van der Waals surface area contributed by atoms with E-state index in [2.05, 4.69) is 40.7 Å². The summed E-state index contributed by atoms with van der Waals surface area (Å²) in [5, 5.41) is 0. The Morgan fingerprint density at radius 1 is 0.941 bits per heavy atom. The molecule has 0 saturated heterocycles. The third-order valence-electron chi connectivity index (χ3n) is 2.39. The second-order valence-corrected chi connectivity index (χ2v) is 5.04. The van der Waals surface area contributed by atoms with Crippen molar-refractivity contribution in [3.05, 3.63) is 35.9 Å². The molecule has 0 unspecified atom stereocenters. The van der Waals surface area contributed by atoms with E-state index < -0.39 is 0 Å². The average molecular weight is 228 g/mol. The summed E-state index contributed by atoms with van der Waals surface area (Å²) in [5.41, 5.74) is 1.94. The molecule has 0 amide bonds. The maximum atomic E-state index is 4.54. The highest BCUT2D eigenvalue weighted by Crippen LogP contribution is 2.22. The van der Waals surface area contributed by atoms with Crippen LogP contribution in [0.25, 0.3) is 11.6 Å². The van der Waals surface area contributed by atoms with Crippen molar-refractivity contribution < 1.29 is 0 Å². The summed E-state index contributed by atoms with van der Waals surface area (Å²) in [6, 6.07) is 3.79. The summed E-state index contributed by atoms with van der Waals surface area (Å²) in [5.74, 6) is 1.16. The lowest BCUT2D eigenvalue weighted by atomic mass is 9.91. The second-order valence-electron chi connectivity index (χ2n) is 5.04. The Morgan fingerprint density at radius 3 is 2.18 bits per heavy atom. The van der Waals surface area contributed by atoms with Crippen molar-refractivity contribution in [1.82, 2.24) is 19.9 Å². The molecule has 0 saturated carbocycles. The molecule has 0 aromatic carbocycles. The largest absolute Gasteiger partial charge is 0.234 e. The third kappa shape index (κ3) is 2.64. The van der Waals surface area contributed by atoms with Gasteiger partial charge in [-0.2, -0.15) is 0 Å². The maximum Gasteiger partial charge on any atom is 0.198 e. The highest BCUT2D eigenvalue weighted by Gasteiger charge is 2.18. The average Bonchev–Trinajstić information content (AvgIpc) is 2.28. The fourth-order valence-electron chi connectivity index (χ4n) is 1.47. The van der Waals surface area contributed by atoms with Crippen molar-refractivity contribution in [2.45, 2.75) is 33.1 Å². The molecule has 88 valence electrons. The van der Waals surface area contributed by atoms with E-state index in [0.29, 0.717) is 11.6 Å². The number of hydrogen-bond acceptors (Lipinski definition) is 4. The Balaban J connectivity index is 2.54. The molecule has 0 aliphatic heterocycles. The first kappa shape index (κ1) is 11.6. The van der Waals surface area contributed by atoms with Crippen molar-refractivity contribution in [2.24, 2.45) is 0 Å². The van der Waals surface area contributed by atoms with E-state index in [9.17, 15) is 0 Å². The summed E-state index contributed by atoms with van der Waals surface area (Å²) < 4.78 is 0. The van der Waals surface area contributed by atoms with Gasteiger partial charge in [0.2, 0.25) is 0 Å². The molecule has 2 aromatic rings. The van der Waals surface area contributed by atoms with Crippen molar-refractivity contribution in [3.63, 3.8) is 0 Å². The van der Waals surface area contributed by atoms with Gasteiger partial charge >= 0.3 is 0 Å². The first-order valence-corrected chi connectivity index (χ1v) is 5.60. The zero-order valence-corrected chi connectivity index (χ0v) is 10.6. The molecule has 0 aliphatic rings. The molecule has 2 rings (SSSR count). The Bertz CT molecular complexity index is 515. The van der Waals surface area contributed by atoms with Crippen LogP contribution >= 0.6 is 0 Å². The summed E-state index contributed by atoms with van der Waals surface area (Å²) in [6.45, 7) is 8.35. The van der Waals surface area contributed by atoms with Crippen LogP contribution in [-0.4, -0.2) is 19.9 Å². The minimum atomic E-state index is -0.00275. The number of aromatic nitrogens is 4. The van der Waals surface area contributed by atoms with Crippen LogP contribution < -0.4 is 0 Å². The predicted molar refractivity (Wildman–Crippen MR) is 66.5 cm³/mol. The summed E-state index contributed by atoms with van der Waals surface area (Å²) in [4.78, 5) is 17.3. The number of hydrogen-bond donors (Lipinski definition) is 0. The molecule has 0 bridgehead atoms. The molecule has 0 spiro atoms. The van der Waals surface area contributed by atoms with Crippen molar-refractivity contribution in [2.75, 3.05) is 0 Å². The van der Waals surface area contributed by atoms with Gasteiger partial charge in [-0.15, -0.1) is 0 Å². The Kier molecular flexibility index (Phi) is 2.88. The van der Waals surface area contributed by atoms with E-state index in [4.69, 9.17) is 0 Å². The van der Waals surface area contributed by atoms with Crippen LogP contribution in [0.15, 0.2) is 24.5 Å². The van der Waals surface area contributed by atoms with E-state index >= 15 is 0 Å². The Morgan fingerprint density at radius 2 is 1.59 bits per heavy atom. The topological polar surface area (TPSA) is 51.6 Å². The van der Waals surface area contributed by atoms with Gasteiger partial charge < -0.3 is 0 Å². The first-order chi connectivity index (χ1) is 7.97. The molecule has 0 aliphatic carbocycles. The highest BCUT2D eigenvalue weighted by molar-refractivity contribution is 5.43. The lowest BCUT2D eigenvalue weighted by Crippen LogP contribution is -2.15. The highest BCUT2D eigenvalue weighted by atomic mass is 15.0. The van der Waals surface area contributed by atoms with Crippen LogP contribution in [-0.2, 0) is 5.41 Å². The van der Waals surface area contributed by atoms with Gasteiger partial charge in [0.15, 0.2) is 11.6 Å². The summed E-state index contributed by atoms with van der Waals surface area (Å²) in [7, 11) is 0. The van der Waals surface area contributed by atoms with E-state index in [1.54, 1.807) is 18.5 Å². The van der Waals surface area contributed by atoms with Crippen LogP contribution in [0.4, 0.5) is 0 Å².